The topological polar surface area (TPSA) is 35.5 Å². The van der Waals surface area contributed by atoms with Crippen molar-refractivity contribution in [2.45, 2.75) is 38.8 Å². The van der Waals surface area contributed by atoms with Crippen molar-refractivity contribution >= 4 is 16.7 Å². The van der Waals surface area contributed by atoms with Crippen LogP contribution in [0.2, 0.25) is 0 Å². The molecule has 182 valence electrons. The number of halogens is 7. The van der Waals surface area contributed by atoms with Gasteiger partial charge in [0, 0.05) is 5.39 Å². The molecule has 0 unspecified atom stereocenters. The van der Waals surface area contributed by atoms with Gasteiger partial charge in [0.1, 0.15) is 22.9 Å². The zero-order chi connectivity index (χ0) is 25.0. The molecule has 0 amide bonds. The maximum absolute atomic E-state index is 14.5. The van der Waals surface area contributed by atoms with Crippen molar-refractivity contribution in [1.82, 2.24) is 0 Å². The SMILES string of the molecule is CCCCCc1cc(F)c(C(=O)Oc2ccc3c(F)c(OCC(F)(F)F)c(F)cc3c2)c(F)c1. The number of hydrogen-bond acceptors (Lipinski definition) is 3. The first kappa shape index (κ1) is 25.3. The third-order valence-electron chi connectivity index (χ3n) is 4.92. The Balaban J connectivity index is 1.83. The van der Waals surface area contributed by atoms with Gasteiger partial charge >= 0.3 is 12.1 Å². The van der Waals surface area contributed by atoms with Crippen LogP contribution in [-0.4, -0.2) is 18.8 Å². The van der Waals surface area contributed by atoms with Crippen molar-refractivity contribution in [2.75, 3.05) is 6.61 Å². The number of aryl methyl sites for hydroxylation is 1. The van der Waals surface area contributed by atoms with E-state index in [0.29, 0.717) is 18.1 Å². The molecule has 0 aliphatic heterocycles. The number of hydrogen-bond donors (Lipinski definition) is 0. The van der Waals surface area contributed by atoms with E-state index in [-0.39, 0.29) is 16.5 Å². The Morgan fingerprint density at radius 3 is 2.21 bits per heavy atom. The van der Waals surface area contributed by atoms with Gasteiger partial charge in [0.15, 0.2) is 24.0 Å². The van der Waals surface area contributed by atoms with Crippen molar-refractivity contribution in [1.29, 1.82) is 0 Å². The molecular weight excluding hydrogens is 469 g/mol. The van der Waals surface area contributed by atoms with Crippen LogP contribution in [0.25, 0.3) is 10.8 Å². The van der Waals surface area contributed by atoms with Gasteiger partial charge in [-0.3, -0.25) is 0 Å². The van der Waals surface area contributed by atoms with Crippen molar-refractivity contribution in [2.24, 2.45) is 0 Å². The fraction of sp³-hybridized carbons (Fsp3) is 0.292. The average Bonchev–Trinajstić information content (AvgIpc) is 2.72. The Kier molecular flexibility index (Phi) is 7.68. The zero-order valence-electron chi connectivity index (χ0n) is 17.9. The summed E-state index contributed by atoms with van der Waals surface area (Å²) in [6.45, 7) is 0.0903. The van der Waals surface area contributed by atoms with Crippen LogP contribution in [0.3, 0.4) is 0 Å². The smallest absolute Gasteiger partial charge is 0.422 e. The van der Waals surface area contributed by atoms with Crippen molar-refractivity contribution in [3.8, 4) is 11.5 Å². The Hall–Kier alpha value is -3.30. The first-order chi connectivity index (χ1) is 16.0. The number of carbonyl (C=O) groups is 1. The number of ether oxygens (including phenoxy) is 2. The highest BCUT2D eigenvalue weighted by Crippen LogP contribution is 2.33. The molecule has 34 heavy (non-hydrogen) atoms. The molecule has 0 fully saturated rings. The van der Waals surface area contributed by atoms with Gasteiger partial charge in [0.05, 0.1) is 0 Å². The Morgan fingerprint density at radius 2 is 1.59 bits per heavy atom. The minimum atomic E-state index is -4.80. The highest BCUT2D eigenvalue weighted by Gasteiger charge is 2.30. The summed E-state index contributed by atoms with van der Waals surface area (Å²) in [5.74, 6) is -7.87. The number of esters is 1. The lowest BCUT2D eigenvalue weighted by Gasteiger charge is -2.13. The quantitative estimate of drug-likeness (QED) is 0.145. The van der Waals surface area contributed by atoms with Gasteiger partial charge in [0.2, 0.25) is 0 Å². The molecule has 0 saturated heterocycles. The number of alkyl halides is 3. The van der Waals surface area contributed by atoms with Crippen LogP contribution in [0.1, 0.15) is 42.1 Å². The minimum Gasteiger partial charge on any atom is -0.478 e. The van der Waals surface area contributed by atoms with E-state index in [9.17, 15) is 35.5 Å². The maximum Gasteiger partial charge on any atom is 0.422 e. The number of benzene rings is 3. The molecule has 3 nitrogen and oxygen atoms in total. The molecule has 10 heteroatoms. The normalized spacial score (nSPS) is 11.6. The largest absolute Gasteiger partial charge is 0.478 e. The van der Waals surface area contributed by atoms with Gasteiger partial charge in [-0.15, -0.1) is 0 Å². The molecule has 3 aromatic carbocycles. The molecule has 0 N–H and O–H groups in total. The lowest BCUT2D eigenvalue weighted by molar-refractivity contribution is -0.154. The van der Waals surface area contributed by atoms with E-state index in [1.807, 2.05) is 6.92 Å². The number of rotatable bonds is 8. The van der Waals surface area contributed by atoms with Gasteiger partial charge in [-0.2, -0.15) is 13.2 Å². The Morgan fingerprint density at radius 1 is 0.912 bits per heavy atom. The van der Waals surface area contributed by atoms with Crippen LogP contribution in [0.5, 0.6) is 11.5 Å². The van der Waals surface area contributed by atoms with Gasteiger partial charge in [0.25, 0.3) is 0 Å². The van der Waals surface area contributed by atoms with Crippen LogP contribution >= 0.6 is 0 Å². The fourth-order valence-electron chi connectivity index (χ4n) is 3.34. The van der Waals surface area contributed by atoms with Gasteiger partial charge in [-0.05, 0) is 60.2 Å². The van der Waals surface area contributed by atoms with E-state index in [2.05, 4.69) is 4.74 Å². The van der Waals surface area contributed by atoms with Crippen LogP contribution < -0.4 is 9.47 Å². The molecule has 3 rings (SSSR count). The average molecular weight is 488 g/mol. The standard InChI is InChI=1S/C24H19F7O3/c1-2-3-4-5-13-8-17(25)20(18(26)9-13)23(32)34-15-6-7-16-14(10-15)11-19(27)22(21(16)28)33-12-24(29,30)31/h6-11H,2-5,12H2,1H3. The van der Waals surface area contributed by atoms with E-state index in [0.717, 1.165) is 49.6 Å². The predicted molar refractivity (Wildman–Crippen MR) is 110 cm³/mol. The zero-order valence-corrected chi connectivity index (χ0v) is 17.9. The Labute approximate surface area is 190 Å². The molecule has 0 spiro atoms. The first-order valence-corrected chi connectivity index (χ1v) is 10.3. The van der Waals surface area contributed by atoms with Gasteiger partial charge in [-0.1, -0.05) is 19.8 Å². The second-order valence-corrected chi connectivity index (χ2v) is 7.57. The van der Waals surface area contributed by atoms with E-state index in [1.54, 1.807) is 0 Å². The Bertz CT molecular complexity index is 1180. The second-order valence-electron chi connectivity index (χ2n) is 7.57. The summed E-state index contributed by atoms with van der Waals surface area (Å²) in [6, 6.07) is 5.84. The molecule has 0 aromatic heterocycles. The summed E-state index contributed by atoms with van der Waals surface area (Å²) in [6.07, 6.45) is -1.83. The molecule has 0 bridgehead atoms. The lowest BCUT2D eigenvalue weighted by Crippen LogP contribution is -2.20. The monoisotopic (exact) mass is 488 g/mol. The highest BCUT2D eigenvalue weighted by molar-refractivity contribution is 5.93. The molecule has 0 heterocycles. The second kappa shape index (κ2) is 10.3. The summed E-state index contributed by atoms with van der Waals surface area (Å²) < 4.78 is 104. The first-order valence-electron chi connectivity index (χ1n) is 10.3. The number of carbonyl (C=O) groups excluding carboxylic acids is 1. The summed E-state index contributed by atoms with van der Waals surface area (Å²) in [5, 5.41) is -0.487. The maximum atomic E-state index is 14.5. The lowest BCUT2D eigenvalue weighted by atomic mass is 10.0. The van der Waals surface area contributed by atoms with Crippen molar-refractivity contribution in [3.05, 3.63) is 70.8 Å². The molecule has 3 aromatic rings. The van der Waals surface area contributed by atoms with Crippen LogP contribution in [0.15, 0.2) is 36.4 Å². The highest BCUT2D eigenvalue weighted by atomic mass is 19.4. The number of fused-ring (bicyclic) bond motifs is 1. The third kappa shape index (κ3) is 5.98. The fourth-order valence-corrected chi connectivity index (χ4v) is 3.34. The van der Waals surface area contributed by atoms with Crippen molar-refractivity contribution < 1.29 is 45.0 Å². The van der Waals surface area contributed by atoms with E-state index < -0.39 is 53.3 Å². The van der Waals surface area contributed by atoms with Crippen molar-refractivity contribution in [3.63, 3.8) is 0 Å². The summed E-state index contributed by atoms with van der Waals surface area (Å²) >= 11 is 0. The third-order valence-corrected chi connectivity index (χ3v) is 4.92. The van der Waals surface area contributed by atoms with E-state index >= 15 is 0 Å². The number of unbranched alkanes of at least 4 members (excludes halogenated alkanes) is 2. The van der Waals surface area contributed by atoms with Gasteiger partial charge < -0.3 is 9.47 Å². The molecule has 0 saturated carbocycles. The summed E-state index contributed by atoms with van der Waals surface area (Å²) in [5.41, 5.74) is -0.534. The summed E-state index contributed by atoms with van der Waals surface area (Å²) in [4.78, 5) is 12.4. The van der Waals surface area contributed by atoms with E-state index in [4.69, 9.17) is 4.74 Å². The molecule has 0 aliphatic carbocycles. The molecular formula is C24H19F7O3. The molecule has 0 aliphatic rings. The van der Waals surface area contributed by atoms with Gasteiger partial charge in [-0.25, -0.2) is 22.4 Å². The molecule has 0 atom stereocenters. The predicted octanol–water partition coefficient (Wildman–Crippen LogP) is 7.29. The minimum absolute atomic E-state index is 0.174. The van der Waals surface area contributed by atoms with Crippen LogP contribution in [0.4, 0.5) is 30.7 Å². The molecule has 0 radical (unpaired) electrons. The van der Waals surface area contributed by atoms with Crippen LogP contribution in [0, 0.1) is 23.3 Å². The summed E-state index contributed by atoms with van der Waals surface area (Å²) in [7, 11) is 0. The van der Waals surface area contributed by atoms with E-state index in [1.165, 1.54) is 0 Å². The van der Waals surface area contributed by atoms with Crippen LogP contribution in [-0.2, 0) is 6.42 Å².